The Kier molecular flexibility index (Phi) is 4.48. The number of carbonyl (C=O) groups excluding carboxylic acids is 3. The monoisotopic (exact) mass is 387 g/mol. The summed E-state index contributed by atoms with van der Waals surface area (Å²) in [5, 5.41) is 10.9. The average molecular weight is 387 g/mol. The molecule has 0 spiro atoms. The maximum Gasteiger partial charge on any atom is 0.339 e. The lowest BCUT2D eigenvalue weighted by Gasteiger charge is -2.19. The fourth-order valence-electron chi connectivity index (χ4n) is 3.30. The fraction of sp³-hybridized carbons (Fsp3) is 0.0455. The van der Waals surface area contributed by atoms with E-state index in [0.29, 0.717) is 11.1 Å². The van der Waals surface area contributed by atoms with Crippen LogP contribution in [0.1, 0.15) is 47.8 Å². The largest absolute Gasteiger partial charge is 0.457 e. The Bertz CT molecular complexity index is 1200. The lowest BCUT2D eigenvalue weighted by Crippen LogP contribution is -2.24. The molecule has 3 aromatic rings. The zero-order valence-electron chi connectivity index (χ0n) is 15.0. The third kappa shape index (κ3) is 3.19. The number of nitro groups is 1. The Morgan fingerprint density at radius 1 is 0.862 bits per heavy atom. The quantitative estimate of drug-likeness (QED) is 0.300. The predicted octanol–water partition coefficient (Wildman–Crippen LogP) is 3.73. The molecule has 29 heavy (non-hydrogen) atoms. The van der Waals surface area contributed by atoms with Crippen LogP contribution in [-0.4, -0.2) is 22.5 Å². The van der Waals surface area contributed by atoms with Gasteiger partial charge >= 0.3 is 5.97 Å². The van der Waals surface area contributed by atoms with E-state index in [1.54, 1.807) is 30.3 Å². The molecule has 7 heteroatoms. The lowest BCUT2D eigenvalue weighted by atomic mass is 9.82. The molecule has 7 nitrogen and oxygen atoms in total. The van der Waals surface area contributed by atoms with Crippen molar-refractivity contribution in [3.63, 3.8) is 0 Å². The van der Waals surface area contributed by atoms with E-state index in [1.165, 1.54) is 36.4 Å². The number of non-ortho nitro benzene ring substituents is 1. The fourth-order valence-corrected chi connectivity index (χ4v) is 3.30. The number of ketones is 2. The van der Waals surface area contributed by atoms with E-state index in [4.69, 9.17) is 4.74 Å². The van der Waals surface area contributed by atoms with Crippen molar-refractivity contribution in [1.82, 2.24) is 0 Å². The van der Waals surface area contributed by atoms with Gasteiger partial charge in [0.2, 0.25) is 0 Å². The zero-order valence-corrected chi connectivity index (χ0v) is 15.0. The smallest absolute Gasteiger partial charge is 0.339 e. The van der Waals surface area contributed by atoms with Gasteiger partial charge in [-0.25, -0.2) is 4.79 Å². The molecule has 0 saturated carbocycles. The van der Waals surface area contributed by atoms with Gasteiger partial charge in [-0.15, -0.1) is 0 Å². The van der Waals surface area contributed by atoms with Crippen LogP contribution in [0, 0.1) is 10.1 Å². The highest BCUT2D eigenvalue weighted by molar-refractivity contribution is 6.30. The van der Waals surface area contributed by atoms with Crippen LogP contribution in [-0.2, 0) is 11.3 Å². The van der Waals surface area contributed by atoms with Crippen molar-refractivity contribution >= 4 is 23.2 Å². The first-order valence-corrected chi connectivity index (χ1v) is 8.69. The molecular formula is C22H13NO6. The van der Waals surface area contributed by atoms with Crippen LogP contribution in [0.3, 0.4) is 0 Å². The molecule has 1 aliphatic rings. The van der Waals surface area contributed by atoms with Crippen molar-refractivity contribution in [1.29, 1.82) is 0 Å². The molecule has 0 unspecified atom stereocenters. The molecule has 0 heterocycles. The average Bonchev–Trinajstić information content (AvgIpc) is 2.75. The first-order valence-electron chi connectivity index (χ1n) is 8.69. The summed E-state index contributed by atoms with van der Waals surface area (Å²) in [7, 11) is 0. The minimum atomic E-state index is -0.783. The molecule has 0 amide bonds. The third-order valence-corrected chi connectivity index (χ3v) is 4.66. The first kappa shape index (κ1) is 18.2. The molecule has 3 aromatic carbocycles. The van der Waals surface area contributed by atoms with Crippen LogP contribution in [0.2, 0.25) is 0 Å². The van der Waals surface area contributed by atoms with Crippen molar-refractivity contribution in [3.05, 3.63) is 110 Å². The molecule has 0 bridgehead atoms. The van der Waals surface area contributed by atoms with Crippen LogP contribution < -0.4 is 0 Å². The van der Waals surface area contributed by atoms with Gasteiger partial charge in [-0.3, -0.25) is 19.7 Å². The summed E-state index contributed by atoms with van der Waals surface area (Å²) in [5.74, 6) is -1.53. The number of ether oxygens (including phenoxy) is 1. The summed E-state index contributed by atoms with van der Waals surface area (Å²) in [5.41, 5.74) is 1.01. The Morgan fingerprint density at radius 3 is 2.24 bits per heavy atom. The highest BCUT2D eigenvalue weighted by Gasteiger charge is 2.33. The van der Waals surface area contributed by atoms with Gasteiger partial charge in [0.05, 0.1) is 10.5 Å². The van der Waals surface area contributed by atoms with Crippen molar-refractivity contribution in [3.8, 4) is 0 Å². The maximum atomic E-state index is 12.9. The number of fused-ring (bicyclic) bond motifs is 2. The number of benzene rings is 3. The second kappa shape index (κ2) is 7.12. The Balaban J connectivity index is 1.64. The molecule has 0 atom stereocenters. The van der Waals surface area contributed by atoms with Gasteiger partial charge in [0.25, 0.3) is 5.69 Å². The number of nitro benzene ring substituents is 1. The molecule has 0 fully saturated rings. The summed E-state index contributed by atoms with van der Waals surface area (Å²) in [4.78, 5) is 48.7. The minimum Gasteiger partial charge on any atom is -0.457 e. The predicted molar refractivity (Wildman–Crippen MR) is 102 cm³/mol. The third-order valence-electron chi connectivity index (χ3n) is 4.66. The van der Waals surface area contributed by atoms with Gasteiger partial charge in [0, 0.05) is 34.4 Å². The molecule has 0 N–H and O–H groups in total. The lowest BCUT2D eigenvalue weighted by molar-refractivity contribution is -0.384. The van der Waals surface area contributed by atoms with Crippen molar-refractivity contribution in [2.75, 3.05) is 0 Å². The number of nitrogens with zero attached hydrogens (tertiary/aromatic N) is 1. The number of hydrogen-bond donors (Lipinski definition) is 0. The summed E-state index contributed by atoms with van der Waals surface area (Å²) in [6.07, 6.45) is 0. The van der Waals surface area contributed by atoms with Crippen molar-refractivity contribution in [2.45, 2.75) is 6.61 Å². The van der Waals surface area contributed by atoms with Gasteiger partial charge in [-0.05, 0) is 11.6 Å². The van der Waals surface area contributed by atoms with Crippen molar-refractivity contribution in [2.24, 2.45) is 0 Å². The molecular weight excluding hydrogens is 374 g/mol. The molecule has 0 saturated heterocycles. The second-order valence-electron chi connectivity index (χ2n) is 6.44. The van der Waals surface area contributed by atoms with Gasteiger partial charge < -0.3 is 4.74 Å². The molecule has 1 aliphatic carbocycles. The zero-order chi connectivity index (χ0) is 20.5. The Morgan fingerprint density at radius 2 is 1.52 bits per heavy atom. The van der Waals surface area contributed by atoms with E-state index in [0.717, 1.165) is 0 Å². The number of carbonyl (C=O) groups is 3. The van der Waals surface area contributed by atoms with E-state index < -0.39 is 16.7 Å². The highest BCUT2D eigenvalue weighted by atomic mass is 16.6. The van der Waals surface area contributed by atoms with Gasteiger partial charge in [0.15, 0.2) is 11.6 Å². The van der Waals surface area contributed by atoms with Crippen LogP contribution in [0.5, 0.6) is 0 Å². The van der Waals surface area contributed by atoms with E-state index in [1.807, 2.05) is 0 Å². The Labute approximate surface area is 164 Å². The summed E-state index contributed by atoms with van der Waals surface area (Å²) in [6.45, 7) is -0.205. The topological polar surface area (TPSA) is 104 Å². The van der Waals surface area contributed by atoms with Crippen LogP contribution in [0.15, 0.2) is 66.7 Å². The van der Waals surface area contributed by atoms with Gasteiger partial charge in [-0.1, -0.05) is 48.5 Å². The number of rotatable bonds is 4. The van der Waals surface area contributed by atoms with Gasteiger partial charge in [0.1, 0.15) is 6.61 Å². The SMILES string of the molecule is O=C(OCc1cccc([N+](=O)[O-])c1)c1cccc2c1C(=O)c1ccccc1C2=O. The van der Waals surface area contributed by atoms with Crippen molar-refractivity contribution < 1.29 is 24.0 Å². The standard InChI is InChI=1S/C22H13NO6/c24-20-15-7-1-2-8-16(15)21(25)19-17(20)9-4-10-18(19)22(26)29-12-13-5-3-6-14(11-13)23(27)28/h1-11H,12H2. The summed E-state index contributed by atoms with van der Waals surface area (Å²) >= 11 is 0. The molecule has 0 aliphatic heterocycles. The maximum absolute atomic E-state index is 12.9. The minimum absolute atomic E-state index is 0.0132. The van der Waals surface area contributed by atoms with E-state index in [-0.39, 0.29) is 40.3 Å². The molecule has 4 rings (SSSR count). The number of esters is 1. The Hall–Kier alpha value is -4.13. The van der Waals surface area contributed by atoms with Crippen LogP contribution >= 0.6 is 0 Å². The van der Waals surface area contributed by atoms with Gasteiger partial charge in [-0.2, -0.15) is 0 Å². The summed E-state index contributed by atoms with van der Waals surface area (Å²) in [6, 6.07) is 16.6. The number of hydrogen-bond acceptors (Lipinski definition) is 6. The normalized spacial score (nSPS) is 12.1. The van der Waals surface area contributed by atoms with E-state index in [9.17, 15) is 24.5 Å². The van der Waals surface area contributed by atoms with Crippen LogP contribution in [0.25, 0.3) is 0 Å². The second-order valence-corrected chi connectivity index (χ2v) is 6.44. The molecule has 0 radical (unpaired) electrons. The first-order chi connectivity index (χ1) is 14.0. The molecule has 142 valence electrons. The van der Waals surface area contributed by atoms with Crippen LogP contribution in [0.4, 0.5) is 5.69 Å². The van der Waals surface area contributed by atoms with E-state index in [2.05, 4.69) is 0 Å². The summed E-state index contributed by atoms with van der Waals surface area (Å²) < 4.78 is 5.26. The molecule has 0 aromatic heterocycles. The van der Waals surface area contributed by atoms with E-state index >= 15 is 0 Å². The highest BCUT2D eigenvalue weighted by Crippen LogP contribution is 2.30.